The molecular formula is C24H19NS2. The van der Waals surface area contributed by atoms with Crippen LogP contribution in [0, 0.1) is 0 Å². The lowest BCUT2D eigenvalue weighted by Gasteiger charge is -2.35. The minimum absolute atomic E-state index is 0.398. The van der Waals surface area contributed by atoms with E-state index in [1.165, 1.54) is 16.7 Å². The molecule has 1 aromatic heterocycles. The molecule has 4 rings (SSSR count). The van der Waals surface area contributed by atoms with Gasteiger partial charge in [0.05, 0.1) is 16.0 Å². The fourth-order valence-electron chi connectivity index (χ4n) is 3.28. The number of aromatic nitrogens is 1. The highest BCUT2D eigenvalue weighted by molar-refractivity contribution is 8.09. The quantitative estimate of drug-likeness (QED) is 0.337. The van der Waals surface area contributed by atoms with Gasteiger partial charge in [0.2, 0.25) is 0 Å². The third-order valence-electron chi connectivity index (χ3n) is 4.54. The minimum atomic E-state index is -0.398. The maximum Gasteiger partial charge on any atom is 0.0954 e. The summed E-state index contributed by atoms with van der Waals surface area (Å²) in [7, 11) is 0. The zero-order chi connectivity index (χ0) is 18.5. The molecule has 3 heteroatoms. The van der Waals surface area contributed by atoms with Gasteiger partial charge in [-0.1, -0.05) is 97.6 Å². The first-order valence-electron chi connectivity index (χ1n) is 8.74. The van der Waals surface area contributed by atoms with Crippen LogP contribution in [-0.2, 0) is 4.75 Å². The van der Waals surface area contributed by atoms with Gasteiger partial charge in [0.25, 0.3) is 0 Å². The Bertz CT molecular complexity index is 898. The van der Waals surface area contributed by atoms with Gasteiger partial charge >= 0.3 is 0 Å². The SMILES string of the molecule is C=C(SC(c1ccccc1)(c1ccccc1)c1ccccc1)c1cscn1. The molecule has 1 nitrogen and oxygen atoms in total. The first-order chi connectivity index (χ1) is 13.3. The van der Waals surface area contributed by atoms with Crippen molar-refractivity contribution in [3.63, 3.8) is 0 Å². The van der Waals surface area contributed by atoms with Gasteiger partial charge in [0.15, 0.2) is 0 Å². The number of benzene rings is 3. The highest BCUT2D eigenvalue weighted by Gasteiger charge is 2.38. The van der Waals surface area contributed by atoms with Gasteiger partial charge < -0.3 is 0 Å². The molecule has 3 aromatic carbocycles. The lowest BCUT2D eigenvalue weighted by Crippen LogP contribution is -2.25. The molecule has 0 amide bonds. The van der Waals surface area contributed by atoms with Crippen LogP contribution in [0.15, 0.2) is 108 Å². The van der Waals surface area contributed by atoms with Gasteiger partial charge in [-0.05, 0) is 16.7 Å². The van der Waals surface area contributed by atoms with Crippen molar-refractivity contribution in [2.24, 2.45) is 0 Å². The summed E-state index contributed by atoms with van der Waals surface area (Å²) in [6, 6.07) is 31.9. The zero-order valence-corrected chi connectivity index (χ0v) is 16.4. The van der Waals surface area contributed by atoms with E-state index in [4.69, 9.17) is 0 Å². The Morgan fingerprint density at radius 2 is 1.19 bits per heavy atom. The van der Waals surface area contributed by atoms with E-state index in [0.29, 0.717) is 0 Å². The van der Waals surface area contributed by atoms with Gasteiger partial charge in [0.1, 0.15) is 0 Å². The van der Waals surface area contributed by atoms with Crippen LogP contribution in [0.1, 0.15) is 22.4 Å². The van der Waals surface area contributed by atoms with Crippen LogP contribution in [-0.4, -0.2) is 4.98 Å². The average molecular weight is 386 g/mol. The molecule has 0 fully saturated rings. The molecule has 0 unspecified atom stereocenters. The van der Waals surface area contributed by atoms with E-state index >= 15 is 0 Å². The second-order valence-corrected chi connectivity index (χ2v) is 8.21. The molecule has 4 aromatic rings. The van der Waals surface area contributed by atoms with Crippen molar-refractivity contribution in [3.05, 3.63) is 131 Å². The molecule has 1 heterocycles. The van der Waals surface area contributed by atoms with Crippen molar-refractivity contribution in [2.45, 2.75) is 4.75 Å². The average Bonchev–Trinajstić information content (AvgIpc) is 3.29. The van der Waals surface area contributed by atoms with Crippen LogP contribution < -0.4 is 0 Å². The lowest BCUT2D eigenvalue weighted by atomic mass is 9.84. The molecule has 0 aliphatic heterocycles. The standard InChI is InChI=1S/C24H19NS2/c1-19(23-17-26-18-25-23)27-24(20-11-5-2-6-12-20,21-13-7-3-8-14-21)22-15-9-4-10-16-22/h2-18H,1H2. The molecule has 0 bridgehead atoms. The summed E-state index contributed by atoms with van der Waals surface area (Å²) in [6.07, 6.45) is 0. The van der Waals surface area contributed by atoms with Crippen molar-refractivity contribution < 1.29 is 0 Å². The van der Waals surface area contributed by atoms with E-state index in [1.54, 1.807) is 23.1 Å². The first-order valence-corrected chi connectivity index (χ1v) is 10.5. The molecule has 0 N–H and O–H groups in total. The predicted molar refractivity (Wildman–Crippen MR) is 118 cm³/mol. The summed E-state index contributed by atoms with van der Waals surface area (Å²) >= 11 is 3.35. The van der Waals surface area contributed by atoms with E-state index in [9.17, 15) is 0 Å². The van der Waals surface area contributed by atoms with Gasteiger partial charge in [-0.15, -0.1) is 23.1 Å². The first kappa shape index (κ1) is 17.8. The summed E-state index contributed by atoms with van der Waals surface area (Å²) in [6.45, 7) is 4.37. The van der Waals surface area contributed by atoms with E-state index < -0.39 is 4.75 Å². The molecule has 0 atom stereocenters. The molecule has 0 aliphatic rings. The molecule has 0 aliphatic carbocycles. The Kier molecular flexibility index (Phi) is 5.23. The fourth-order valence-corrected chi connectivity index (χ4v) is 5.27. The monoisotopic (exact) mass is 385 g/mol. The molecule has 0 radical (unpaired) electrons. The van der Waals surface area contributed by atoms with Gasteiger partial charge in [-0.25, -0.2) is 4.98 Å². The Morgan fingerprint density at radius 1 is 0.741 bits per heavy atom. The number of hydrogen-bond donors (Lipinski definition) is 0. The second kappa shape index (κ2) is 7.95. The van der Waals surface area contributed by atoms with Crippen molar-refractivity contribution in [3.8, 4) is 0 Å². The number of thioether (sulfide) groups is 1. The van der Waals surface area contributed by atoms with E-state index in [2.05, 4.69) is 108 Å². The Morgan fingerprint density at radius 3 is 1.56 bits per heavy atom. The topological polar surface area (TPSA) is 12.9 Å². The maximum absolute atomic E-state index is 4.48. The van der Waals surface area contributed by atoms with E-state index in [0.717, 1.165) is 10.6 Å². The van der Waals surface area contributed by atoms with E-state index in [1.807, 2.05) is 5.51 Å². The number of rotatable bonds is 6. The largest absolute Gasteiger partial charge is 0.244 e. The Labute approximate surface area is 168 Å². The summed E-state index contributed by atoms with van der Waals surface area (Å²) < 4.78 is -0.398. The lowest BCUT2D eigenvalue weighted by molar-refractivity contribution is 0.900. The number of nitrogens with zero attached hydrogens (tertiary/aromatic N) is 1. The molecule has 27 heavy (non-hydrogen) atoms. The van der Waals surface area contributed by atoms with Crippen LogP contribution in [0.2, 0.25) is 0 Å². The van der Waals surface area contributed by atoms with Crippen LogP contribution in [0.4, 0.5) is 0 Å². The highest BCUT2D eigenvalue weighted by atomic mass is 32.2. The van der Waals surface area contributed by atoms with E-state index in [-0.39, 0.29) is 0 Å². The second-order valence-electron chi connectivity index (χ2n) is 6.18. The molecule has 132 valence electrons. The summed E-state index contributed by atoms with van der Waals surface area (Å²) in [5.74, 6) is 0. The predicted octanol–water partition coefficient (Wildman–Crippen LogP) is 6.84. The Hall–Kier alpha value is -2.62. The van der Waals surface area contributed by atoms with Gasteiger partial charge in [-0.2, -0.15) is 0 Å². The van der Waals surface area contributed by atoms with Crippen LogP contribution >= 0.6 is 23.1 Å². The van der Waals surface area contributed by atoms with Crippen LogP contribution in [0.3, 0.4) is 0 Å². The third kappa shape index (κ3) is 3.48. The molecule has 0 saturated carbocycles. The zero-order valence-electron chi connectivity index (χ0n) is 14.8. The number of hydrogen-bond acceptors (Lipinski definition) is 3. The van der Waals surface area contributed by atoms with Crippen LogP contribution in [0.5, 0.6) is 0 Å². The normalized spacial score (nSPS) is 11.3. The Balaban J connectivity index is 1.96. The van der Waals surface area contributed by atoms with Crippen molar-refractivity contribution in [1.82, 2.24) is 4.98 Å². The molecule has 0 saturated heterocycles. The van der Waals surface area contributed by atoms with Crippen LogP contribution in [0.25, 0.3) is 4.91 Å². The number of thiazole rings is 1. The smallest absolute Gasteiger partial charge is 0.0954 e. The molecule has 0 spiro atoms. The van der Waals surface area contributed by atoms with Crippen molar-refractivity contribution >= 4 is 28.0 Å². The fraction of sp³-hybridized carbons (Fsp3) is 0.0417. The summed E-state index contributed by atoms with van der Waals surface area (Å²) in [4.78, 5) is 5.45. The molecular weight excluding hydrogens is 366 g/mol. The van der Waals surface area contributed by atoms with Gasteiger partial charge in [0, 0.05) is 10.3 Å². The van der Waals surface area contributed by atoms with Gasteiger partial charge in [-0.3, -0.25) is 0 Å². The summed E-state index contributed by atoms with van der Waals surface area (Å²) in [5.41, 5.74) is 6.48. The maximum atomic E-state index is 4.48. The van der Waals surface area contributed by atoms with Crippen molar-refractivity contribution in [2.75, 3.05) is 0 Å². The highest BCUT2D eigenvalue weighted by Crippen LogP contribution is 2.52. The summed E-state index contributed by atoms with van der Waals surface area (Å²) in [5, 5.41) is 2.06. The minimum Gasteiger partial charge on any atom is -0.244 e. The van der Waals surface area contributed by atoms with Crippen molar-refractivity contribution in [1.29, 1.82) is 0 Å². The third-order valence-corrected chi connectivity index (χ3v) is 6.59.